The third-order valence-electron chi connectivity index (χ3n) is 3.10. The maximum atomic E-state index is 13.5. The highest BCUT2D eigenvalue weighted by molar-refractivity contribution is 5.97. The molecule has 0 atom stereocenters. The third kappa shape index (κ3) is 3.69. The minimum atomic E-state index is -0.598. The second-order valence-electron chi connectivity index (χ2n) is 4.64. The van der Waals surface area contributed by atoms with Crippen molar-refractivity contribution in [1.82, 2.24) is 0 Å². The molecular formula is C17H15FO4. The molecule has 4 nitrogen and oxygen atoms in total. The first-order valence-electron chi connectivity index (χ1n) is 6.62. The molecule has 0 spiro atoms. The summed E-state index contributed by atoms with van der Waals surface area (Å²) in [6, 6.07) is 10.4. The molecule has 5 heteroatoms. The van der Waals surface area contributed by atoms with Gasteiger partial charge in [-0.05, 0) is 49.4 Å². The van der Waals surface area contributed by atoms with Crippen LogP contribution in [0.3, 0.4) is 0 Å². The van der Waals surface area contributed by atoms with Crippen LogP contribution in [0.5, 0.6) is 11.5 Å². The normalized spacial score (nSPS) is 10.1. The lowest BCUT2D eigenvalue weighted by Gasteiger charge is -2.07. The number of halogens is 1. The van der Waals surface area contributed by atoms with Gasteiger partial charge in [0.1, 0.15) is 5.75 Å². The van der Waals surface area contributed by atoms with Gasteiger partial charge < -0.3 is 9.47 Å². The summed E-state index contributed by atoms with van der Waals surface area (Å²) >= 11 is 0. The largest absolute Gasteiger partial charge is 0.494 e. The Morgan fingerprint density at radius 3 is 2.23 bits per heavy atom. The number of methoxy groups -OCH3 is 1. The van der Waals surface area contributed by atoms with Crippen LogP contribution < -0.4 is 9.47 Å². The Morgan fingerprint density at radius 1 is 1.05 bits per heavy atom. The standard InChI is InChI=1S/C17H15FO4/c1-11(19)12-3-6-14(7-4-12)22-10-16(20)13-5-8-17(21-2)15(18)9-13/h3-9H,10H2,1-2H3. The SMILES string of the molecule is COc1ccc(C(=O)COc2ccc(C(C)=O)cc2)cc1F. The smallest absolute Gasteiger partial charge is 0.200 e. The Labute approximate surface area is 127 Å². The molecule has 114 valence electrons. The fraction of sp³-hybridized carbons (Fsp3) is 0.176. The number of ketones is 2. The molecule has 0 aliphatic rings. The van der Waals surface area contributed by atoms with Crippen molar-refractivity contribution in [1.29, 1.82) is 0 Å². The van der Waals surface area contributed by atoms with Crippen molar-refractivity contribution in [3.8, 4) is 11.5 Å². The van der Waals surface area contributed by atoms with E-state index in [0.29, 0.717) is 11.3 Å². The Kier molecular flexibility index (Phi) is 4.88. The van der Waals surface area contributed by atoms with E-state index in [-0.39, 0.29) is 29.5 Å². The van der Waals surface area contributed by atoms with Crippen molar-refractivity contribution < 1.29 is 23.5 Å². The minimum absolute atomic E-state index is 0.0451. The number of ether oxygens (including phenoxy) is 2. The van der Waals surface area contributed by atoms with Gasteiger partial charge in [-0.15, -0.1) is 0 Å². The average Bonchev–Trinajstić information content (AvgIpc) is 2.52. The predicted octanol–water partition coefficient (Wildman–Crippen LogP) is 3.30. The molecule has 0 radical (unpaired) electrons. The number of hydrogen-bond donors (Lipinski definition) is 0. The number of benzene rings is 2. The first-order valence-corrected chi connectivity index (χ1v) is 6.62. The van der Waals surface area contributed by atoms with Crippen molar-refractivity contribution in [3.63, 3.8) is 0 Å². The highest BCUT2D eigenvalue weighted by Crippen LogP contribution is 2.18. The maximum absolute atomic E-state index is 13.5. The number of carbonyl (C=O) groups is 2. The van der Waals surface area contributed by atoms with E-state index in [1.807, 2.05) is 0 Å². The molecule has 0 heterocycles. The Balaban J connectivity index is 2.00. The van der Waals surface area contributed by atoms with Crippen molar-refractivity contribution >= 4 is 11.6 Å². The Morgan fingerprint density at radius 2 is 1.68 bits per heavy atom. The monoisotopic (exact) mass is 302 g/mol. The molecule has 2 rings (SSSR count). The fourth-order valence-corrected chi connectivity index (χ4v) is 1.86. The molecule has 2 aromatic rings. The molecule has 0 saturated heterocycles. The molecule has 0 aliphatic carbocycles. The maximum Gasteiger partial charge on any atom is 0.200 e. The van der Waals surface area contributed by atoms with Gasteiger partial charge in [-0.25, -0.2) is 4.39 Å². The minimum Gasteiger partial charge on any atom is -0.494 e. The molecule has 0 N–H and O–H groups in total. The quantitative estimate of drug-likeness (QED) is 0.768. The van der Waals surface area contributed by atoms with Crippen LogP contribution in [0, 0.1) is 5.82 Å². The second kappa shape index (κ2) is 6.85. The van der Waals surface area contributed by atoms with Crippen molar-refractivity contribution in [2.75, 3.05) is 13.7 Å². The Bertz CT molecular complexity index is 692. The van der Waals surface area contributed by atoms with Gasteiger partial charge >= 0.3 is 0 Å². The topological polar surface area (TPSA) is 52.6 Å². The molecule has 0 fully saturated rings. The van der Waals surface area contributed by atoms with Crippen LogP contribution in [-0.4, -0.2) is 25.3 Å². The zero-order valence-electron chi connectivity index (χ0n) is 12.3. The Hall–Kier alpha value is -2.69. The average molecular weight is 302 g/mol. The molecule has 0 amide bonds. The molecule has 2 aromatic carbocycles. The summed E-state index contributed by atoms with van der Waals surface area (Å²) in [5.41, 5.74) is 0.773. The molecule has 0 saturated carbocycles. The first kappa shape index (κ1) is 15.7. The van der Waals surface area contributed by atoms with Gasteiger partial charge in [0, 0.05) is 11.1 Å². The molecular weight excluding hydrogens is 287 g/mol. The molecule has 0 bridgehead atoms. The van der Waals surface area contributed by atoms with E-state index in [1.54, 1.807) is 24.3 Å². The van der Waals surface area contributed by atoms with Gasteiger partial charge in [-0.3, -0.25) is 9.59 Å². The number of Topliss-reactive ketones (excluding diaryl/α,β-unsaturated/α-hetero) is 2. The van der Waals surface area contributed by atoms with Crippen LogP contribution in [0.15, 0.2) is 42.5 Å². The van der Waals surface area contributed by atoms with Gasteiger partial charge in [0.05, 0.1) is 7.11 Å². The van der Waals surface area contributed by atoms with Gasteiger partial charge in [-0.2, -0.15) is 0 Å². The lowest BCUT2D eigenvalue weighted by atomic mass is 10.1. The highest BCUT2D eigenvalue weighted by atomic mass is 19.1. The number of hydrogen-bond acceptors (Lipinski definition) is 4. The van der Waals surface area contributed by atoms with E-state index in [4.69, 9.17) is 9.47 Å². The van der Waals surface area contributed by atoms with E-state index < -0.39 is 5.82 Å². The molecule has 0 aromatic heterocycles. The van der Waals surface area contributed by atoms with Gasteiger partial charge in [0.25, 0.3) is 0 Å². The number of carbonyl (C=O) groups excluding carboxylic acids is 2. The molecule has 22 heavy (non-hydrogen) atoms. The van der Waals surface area contributed by atoms with Crippen molar-refractivity contribution in [3.05, 3.63) is 59.4 Å². The van der Waals surface area contributed by atoms with Crippen LogP contribution >= 0.6 is 0 Å². The van der Waals surface area contributed by atoms with Crippen LogP contribution in [0.2, 0.25) is 0 Å². The van der Waals surface area contributed by atoms with Crippen molar-refractivity contribution in [2.24, 2.45) is 0 Å². The van der Waals surface area contributed by atoms with Gasteiger partial charge in [0.15, 0.2) is 29.7 Å². The zero-order valence-corrected chi connectivity index (χ0v) is 12.3. The van der Waals surface area contributed by atoms with Crippen LogP contribution in [0.25, 0.3) is 0 Å². The lowest BCUT2D eigenvalue weighted by molar-refractivity contribution is 0.0920. The van der Waals surface area contributed by atoms with Gasteiger partial charge in [0.2, 0.25) is 0 Å². The van der Waals surface area contributed by atoms with Gasteiger partial charge in [-0.1, -0.05) is 0 Å². The zero-order chi connectivity index (χ0) is 16.1. The van der Waals surface area contributed by atoms with Crippen molar-refractivity contribution in [2.45, 2.75) is 6.92 Å². The van der Waals surface area contributed by atoms with Crippen LogP contribution in [-0.2, 0) is 0 Å². The fourth-order valence-electron chi connectivity index (χ4n) is 1.86. The van der Waals surface area contributed by atoms with E-state index in [2.05, 4.69) is 0 Å². The summed E-state index contributed by atoms with van der Waals surface area (Å²) in [5.74, 6) is -0.447. The first-order chi connectivity index (χ1) is 10.5. The predicted molar refractivity (Wildman–Crippen MR) is 79.2 cm³/mol. The third-order valence-corrected chi connectivity index (χ3v) is 3.10. The summed E-state index contributed by atoms with van der Waals surface area (Å²) in [4.78, 5) is 23.1. The van der Waals surface area contributed by atoms with E-state index in [1.165, 1.54) is 26.2 Å². The number of rotatable bonds is 6. The molecule has 0 unspecified atom stereocenters. The molecule has 0 aliphatic heterocycles. The van der Waals surface area contributed by atoms with E-state index >= 15 is 0 Å². The van der Waals surface area contributed by atoms with Crippen LogP contribution in [0.4, 0.5) is 4.39 Å². The highest BCUT2D eigenvalue weighted by Gasteiger charge is 2.11. The summed E-state index contributed by atoms with van der Waals surface area (Å²) < 4.78 is 23.7. The summed E-state index contributed by atoms with van der Waals surface area (Å²) in [6.07, 6.45) is 0. The summed E-state index contributed by atoms with van der Waals surface area (Å²) in [6.45, 7) is 1.25. The lowest BCUT2D eigenvalue weighted by Crippen LogP contribution is -2.12. The van der Waals surface area contributed by atoms with E-state index in [9.17, 15) is 14.0 Å². The van der Waals surface area contributed by atoms with Crippen LogP contribution in [0.1, 0.15) is 27.6 Å². The summed E-state index contributed by atoms with van der Waals surface area (Å²) in [7, 11) is 1.35. The van der Waals surface area contributed by atoms with E-state index in [0.717, 1.165) is 6.07 Å². The second-order valence-corrected chi connectivity index (χ2v) is 4.64. The summed E-state index contributed by atoms with van der Waals surface area (Å²) in [5, 5.41) is 0.